The lowest BCUT2D eigenvalue weighted by Crippen LogP contribution is -2.42. The summed E-state index contributed by atoms with van der Waals surface area (Å²) < 4.78 is 11.1. The van der Waals surface area contributed by atoms with E-state index in [1.165, 1.54) is 20.8 Å². The summed E-state index contributed by atoms with van der Waals surface area (Å²) in [4.78, 5) is 38.7. The summed E-state index contributed by atoms with van der Waals surface area (Å²) in [6.45, 7) is 9.51. The highest BCUT2D eigenvalue weighted by molar-refractivity contribution is 6.31. The fourth-order valence-electron chi connectivity index (χ4n) is 4.08. The van der Waals surface area contributed by atoms with Crippen LogP contribution in [-0.2, 0) is 19.7 Å². The van der Waals surface area contributed by atoms with Gasteiger partial charge in [0.05, 0.1) is 30.0 Å². The van der Waals surface area contributed by atoms with Crippen LogP contribution in [0.3, 0.4) is 0 Å². The van der Waals surface area contributed by atoms with Crippen molar-refractivity contribution in [1.29, 1.82) is 0 Å². The van der Waals surface area contributed by atoms with E-state index in [9.17, 15) is 29.7 Å². The molecule has 1 aliphatic carbocycles. The van der Waals surface area contributed by atoms with Gasteiger partial charge in [0.2, 0.25) is 0 Å². The molecule has 1 heterocycles. The highest BCUT2D eigenvalue weighted by atomic mass is 16.5. The Bertz CT molecular complexity index is 1110. The molecular formula is C24H29NO8. The normalized spacial score (nSPS) is 21.9. The number of phenols is 2. The average Bonchev–Trinajstić information content (AvgIpc) is 3.02. The van der Waals surface area contributed by atoms with E-state index in [2.05, 4.69) is 5.32 Å². The number of aromatic hydroxyl groups is 2. The molecule has 1 aromatic carbocycles. The molecule has 1 unspecified atom stereocenters. The van der Waals surface area contributed by atoms with Crippen LogP contribution in [0.2, 0.25) is 0 Å². The van der Waals surface area contributed by atoms with Crippen molar-refractivity contribution >= 4 is 17.3 Å². The van der Waals surface area contributed by atoms with E-state index < -0.39 is 34.6 Å². The molecule has 1 aliphatic heterocycles. The summed E-state index contributed by atoms with van der Waals surface area (Å²) in [5, 5.41) is 34.2. The molecule has 0 radical (unpaired) electrons. The predicted octanol–water partition coefficient (Wildman–Crippen LogP) is 1.94. The number of ether oxygens (including phenoxy) is 2. The second kappa shape index (κ2) is 8.64. The minimum absolute atomic E-state index is 0.0300. The second-order valence-corrected chi connectivity index (χ2v) is 8.80. The first-order chi connectivity index (χ1) is 15.3. The lowest BCUT2D eigenvalue weighted by molar-refractivity contribution is -0.123. The zero-order valence-electron chi connectivity index (χ0n) is 19.5. The van der Waals surface area contributed by atoms with Crippen molar-refractivity contribution < 1.29 is 39.2 Å². The van der Waals surface area contributed by atoms with Crippen LogP contribution in [0.5, 0.6) is 17.2 Å². The van der Waals surface area contributed by atoms with Gasteiger partial charge in [-0.2, -0.15) is 0 Å². The van der Waals surface area contributed by atoms with Crippen molar-refractivity contribution in [3.8, 4) is 17.2 Å². The number of aliphatic hydroxyl groups excluding tert-OH is 1. The van der Waals surface area contributed by atoms with Gasteiger partial charge in [-0.05, 0) is 41.5 Å². The number of ketones is 3. The molecule has 2 atom stereocenters. The van der Waals surface area contributed by atoms with Crippen LogP contribution in [0.15, 0.2) is 23.1 Å². The molecule has 9 heteroatoms. The molecule has 0 saturated carbocycles. The van der Waals surface area contributed by atoms with Gasteiger partial charge in [0.15, 0.2) is 17.3 Å². The summed E-state index contributed by atoms with van der Waals surface area (Å²) in [6.07, 6.45) is 0.236. The number of hydrogen-bond acceptors (Lipinski definition) is 9. The van der Waals surface area contributed by atoms with Crippen molar-refractivity contribution in [3.05, 3.63) is 39.8 Å². The maximum absolute atomic E-state index is 13.6. The molecule has 1 aromatic rings. The van der Waals surface area contributed by atoms with E-state index in [-0.39, 0.29) is 64.5 Å². The standard InChI is InChI=1S/C24H29NO8/c1-10(2)32-9-14(27)8-25-12(4)17-15(28)7-16-24(6,23(17)31)19-21(30)11(3)20(29)18(13(5)26)22(19)33-16/h7,10,14,25,27,29-30H,8-9H2,1-6H3/t14?,24-/m0/s1. The number of benzene rings is 1. The molecule has 4 N–H and O–H groups in total. The summed E-state index contributed by atoms with van der Waals surface area (Å²) in [5.41, 5.74) is -1.57. The van der Waals surface area contributed by atoms with Gasteiger partial charge in [-0.25, -0.2) is 0 Å². The van der Waals surface area contributed by atoms with E-state index in [4.69, 9.17) is 9.47 Å². The summed E-state index contributed by atoms with van der Waals surface area (Å²) in [6, 6.07) is 0. The second-order valence-electron chi connectivity index (χ2n) is 8.80. The highest BCUT2D eigenvalue weighted by Gasteiger charge is 2.56. The largest absolute Gasteiger partial charge is 0.507 e. The van der Waals surface area contributed by atoms with Gasteiger partial charge in [-0.3, -0.25) is 14.4 Å². The van der Waals surface area contributed by atoms with Crippen molar-refractivity contribution in [2.24, 2.45) is 0 Å². The van der Waals surface area contributed by atoms with Gasteiger partial charge in [0.1, 0.15) is 34.0 Å². The van der Waals surface area contributed by atoms with Gasteiger partial charge >= 0.3 is 0 Å². The average molecular weight is 459 g/mol. The number of aliphatic hydroxyl groups is 1. The third kappa shape index (κ3) is 3.91. The Kier molecular flexibility index (Phi) is 6.41. The van der Waals surface area contributed by atoms with Gasteiger partial charge < -0.3 is 30.1 Å². The Labute approximate surface area is 191 Å². The SMILES string of the molecule is CC(=O)c1c(O)c(C)c(O)c2c1OC1=CC(=O)C(=C(C)NCC(O)COC(C)C)C(=O)[C@@]12C. The lowest BCUT2D eigenvalue weighted by atomic mass is 9.70. The van der Waals surface area contributed by atoms with E-state index in [0.29, 0.717) is 0 Å². The lowest BCUT2D eigenvalue weighted by Gasteiger charge is -2.29. The number of carbonyl (C=O) groups is 3. The number of allylic oxidation sites excluding steroid dienone is 4. The highest BCUT2D eigenvalue weighted by Crippen LogP contribution is 2.57. The number of hydrogen-bond donors (Lipinski definition) is 4. The molecule has 0 bridgehead atoms. The van der Waals surface area contributed by atoms with Crippen LogP contribution in [0.1, 0.15) is 56.1 Å². The summed E-state index contributed by atoms with van der Waals surface area (Å²) in [7, 11) is 0. The number of Topliss-reactive ketones (excluding diaryl/α,β-unsaturated/α-hetero) is 2. The zero-order valence-corrected chi connectivity index (χ0v) is 19.5. The van der Waals surface area contributed by atoms with Gasteiger partial charge in [-0.1, -0.05) is 0 Å². The van der Waals surface area contributed by atoms with E-state index in [1.54, 1.807) is 6.92 Å². The van der Waals surface area contributed by atoms with E-state index in [0.717, 1.165) is 6.08 Å². The Morgan fingerprint density at radius 3 is 2.42 bits per heavy atom. The topological polar surface area (TPSA) is 142 Å². The quantitative estimate of drug-likeness (QED) is 0.273. The van der Waals surface area contributed by atoms with Crippen LogP contribution < -0.4 is 10.1 Å². The monoisotopic (exact) mass is 459 g/mol. The summed E-state index contributed by atoms with van der Waals surface area (Å²) >= 11 is 0. The zero-order chi connectivity index (χ0) is 24.8. The van der Waals surface area contributed by atoms with Gasteiger partial charge in [0.25, 0.3) is 0 Å². The first-order valence-corrected chi connectivity index (χ1v) is 10.7. The fourth-order valence-corrected chi connectivity index (χ4v) is 4.08. The Hall–Kier alpha value is -3.17. The summed E-state index contributed by atoms with van der Waals surface area (Å²) in [5.74, 6) is -2.73. The van der Waals surface area contributed by atoms with E-state index >= 15 is 0 Å². The molecule has 0 spiro atoms. The fraction of sp³-hybridized carbons (Fsp3) is 0.458. The van der Waals surface area contributed by atoms with Gasteiger partial charge in [0, 0.05) is 23.9 Å². The molecule has 3 rings (SSSR count). The van der Waals surface area contributed by atoms with Crippen molar-refractivity contribution in [2.75, 3.05) is 13.2 Å². The molecule has 2 aliphatic rings. The first kappa shape index (κ1) is 24.5. The Balaban J connectivity index is 2.05. The smallest absolute Gasteiger partial charge is 0.194 e. The molecular weight excluding hydrogens is 430 g/mol. The Morgan fingerprint density at radius 2 is 1.85 bits per heavy atom. The molecule has 0 amide bonds. The van der Waals surface area contributed by atoms with Crippen molar-refractivity contribution in [2.45, 2.75) is 59.2 Å². The van der Waals surface area contributed by atoms with Crippen LogP contribution >= 0.6 is 0 Å². The van der Waals surface area contributed by atoms with Crippen LogP contribution in [0.4, 0.5) is 0 Å². The van der Waals surface area contributed by atoms with Crippen molar-refractivity contribution in [1.82, 2.24) is 5.32 Å². The third-order valence-electron chi connectivity index (χ3n) is 5.98. The van der Waals surface area contributed by atoms with Crippen molar-refractivity contribution in [3.63, 3.8) is 0 Å². The predicted molar refractivity (Wildman–Crippen MR) is 118 cm³/mol. The van der Waals surface area contributed by atoms with Crippen LogP contribution in [0.25, 0.3) is 0 Å². The molecule has 9 nitrogen and oxygen atoms in total. The number of fused-ring (bicyclic) bond motifs is 3. The number of carbonyl (C=O) groups excluding carboxylic acids is 3. The number of rotatable bonds is 7. The molecule has 33 heavy (non-hydrogen) atoms. The van der Waals surface area contributed by atoms with Crippen LogP contribution in [0, 0.1) is 6.92 Å². The maximum Gasteiger partial charge on any atom is 0.194 e. The minimum Gasteiger partial charge on any atom is -0.507 e. The molecule has 0 aromatic heterocycles. The maximum atomic E-state index is 13.6. The third-order valence-corrected chi connectivity index (χ3v) is 5.98. The molecule has 178 valence electrons. The number of phenolic OH excluding ortho intramolecular Hbond substituents is 2. The number of nitrogens with one attached hydrogen (secondary N) is 1. The minimum atomic E-state index is -1.58. The molecule has 0 fully saturated rings. The van der Waals surface area contributed by atoms with Gasteiger partial charge in [-0.15, -0.1) is 0 Å². The van der Waals surface area contributed by atoms with E-state index in [1.807, 2.05) is 13.8 Å². The molecule has 0 saturated heterocycles. The first-order valence-electron chi connectivity index (χ1n) is 10.7. The van der Waals surface area contributed by atoms with Crippen LogP contribution in [-0.4, -0.2) is 58.0 Å². The Morgan fingerprint density at radius 1 is 1.21 bits per heavy atom.